The molecule has 0 heterocycles. The molecule has 0 N–H and O–H groups in total. The van der Waals surface area contributed by atoms with Crippen molar-refractivity contribution in [3.05, 3.63) is 29.6 Å². The van der Waals surface area contributed by atoms with Gasteiger partial charge in [0, 0.05) is 18.7 Å². The standard InChI is InChI=1S/C13H18FNOS/c1-10(7-8-17-3)15(2)13-11(9-16)5-4-6-12(13)14/h4-6,9-10H,7-8H2,1-3H3. The van der Waals surface area contributed by atoms with Crippen molar-refractivity contribution < 1.29 is 9.18 Å². The minimum atomic E-state index is -0.340. The molecule has 1 aromatic carbocycles. The third kappa shape index (κ3) is 3.46. The van der Waals surface area contributed by atoms with Crippen LogP contribution in [0.2, 0.25) is 0 Å². The molecule has 4 heteroatoms. The largest absolute Gasteiger partial charge is 0.369 e. The van der Waals surface area contributed by atoms with Crippen LogP contribution in [0.5, 0.6) is 0 Å². The minimum Gasteiger partial charge on any atom is -0.369 e. The Hall–Kier alpha value is -1.03. The molecular formula is C13H18FNOS. The van der Waals surface area contributed by atoms with Crippen molar-refractivity contribution in [1.82, 2.24) is 0 Å². The number of aldehydes is 1. The molecule has 0 fully saturated rings. The number of halogens is 1. The van der Waals surface area contributed by atoms with E-state index in [1.807, 2.05) is 25.1 Å². The summed E-state index contributed by atoms with van der Waals surface area (Å²) in [5.74, 6) is 0.684. The lowest BCUT2D eigenvalue weighted by molar-refractivity contribution is 0.112. The van der Waals surface area contributed by atoms with Crippen LogP contribution < -0.4 is 4.90 Å². The van der Waals surface area contributed by atoms with Crippen molar-refractivity contribution in [2.75, 3.05) is 24.0 Å². The molecule has 94 valence electrons. The fourth-order valence-electron chi connectivity index (χ4n) is 1.70. The van der Waals surface area contributed by atoms with E-state index in [1.54, 1.807) is 23.9 Å². The van der Waals surface area contributed by atoms with Crippen molar-refractivity contribution >= 4 is 23.7 Å². The summed E-state index contributed by atoms with van der Waals surface area (Å²) in [6, 6.07) is 4.80. The first-order chi connectivity index (χ1) is 8.11. The highest BCUT2D eigenvalue weighted by molar-refractivity contribution is 7.98. The lowest BCUT2D eigenvalue weighted by Crippen LogP contribution is -2.31. The normalized spacial score (nSPS) is 12.2. The lowest BCUT2D eigenvalue weighted by atomic mass is 10.1. The Kier molecular flexibility index (Phi) is 5.48. The van der Waals surface area contributed by atoms with Crippen LogP contribution >= 0.6 is 11.8 Å². The van der Waals surface area contributed by atoms with E-state index in [1.165, 1.54) is 6.07 Å². The van der Waals surface area contributed by atoms with Gasteiger partial charge in [-0.2, -0.15) is 11.8 Å². The van der Waals surface area contributed by atoms with Gasteiger partial charge >= 0.3 is 0 Å². The highest BCUT2D eigenvalue weighted by atomic mass is 32.2. The van der Waals surface area contributed by atoms with E-state index >= 15 is 0 Å². The molecule has 0 aliphatic carbocycles. The number of thioether (sulfide) groups is 1. The van der Waals surface area contributed by atoms with Gasteiger partial charge in [0.05, 0.1) is 5.69 Å². The van der Waals surface area contributed by atoms with E-state index in [0.29, 0.717) is 17.5 Å². The molecule has 0 saturated carbocycles. The van der Waals surface area contributed by atoms with Gasteiger partial charge in [0.25, 0.3) is 0 Å². The van der Waals surface area contributed by atoms with Gasteiger partial charge in [-0.1, -0.05) is 6.07 Å². The maximum absolute atomic E-state index is 13.8. The summed E-state index contributed by atoms with van der Waals surface area (Å²) in [6.45, 7) is 2.04. The molecule has 2 nitrogen and oxygen atoms in total. The molecule has 0 aliphatic rings. The Morgan fingerprint density at radius 1 is 1.53 bits per heavy atom. The molecule has 0 aromatic heterocycles. The van der Waals surface area contributed by atoms with Crippen molar-refractivity contribution in [3.8, 4) is 0 Å². The molecule has 0 amide bonds. The summed E-state index contributed by atoms with van der Waals surface area (Å²) >= 11 is 1.77. The summed E-state index contributed by atoms with van der Waals surface area (Å²) in [5, 5.41) is 0. The molecule has 1 aromatic rings. The van der Waals surface area contributed by atoms with Crippen LogP contribution in [-0.4, -0.2) is 31.4 Å². The second-order valence-electron chi connectivity index (χ2n) is 4.04. The zero-order valence-corrected chi connectivity index (χ0v) is 11.3. The number of carbonyl (C=O) groups excluding carboxylic acids is 1. The predicted octanol–water partition coefficient (Wildman–Crippen LogP) is 3.22. The summed E-state index contributed by atoms with van der Waals surface area (Å²) < 4.78 is 13.8. The minimum absolute atomic E-state index is 0.207. The Morgan fingerprint density at radius 3 is 2.82 bits per heavy atom. The Bertz CT molecular complexity index is 384. The highest BCUT2D eigenvalue weighted by Crippen LogP contribution is 2.25. The lowest BCUT2D eigenvalue weighted by Gasteiger charge is -2.28. The van der Waals surface area contributed by atoms with E-state index in [9.17, 15) is 9.18 Å². The monoisotopic (exact) mass is 255 g/mol. The average molecular weight is 255 g/mol. The van der Waals surface area contributed by atoms with Crippen molar-refractivity contribution in [2.24, 2.45) is 0 Å². The maximum Gasteiger partial charge on any atom is 0.152 e. The molecule has 0 radical (unpaired) electrons. The summed E-state index contributed by atoms with van der Waals surface area (Å²) in [6.07, 6.45) is 3.72. The Balaban J connectivity index is 2.94. The van der Waals surface area contributed by atoms with Gasteiger partial charge in [0.1, 0.15) is 5.82 Å². The van der Waals surface area contributed by atoms with Crippen molar-refractivity contribution in [2.45, 2.75) is 19.4 Å². The van der Waals surface area contributed by atoms with Crippen LogP contribution in [0.3, 0.4) is 0 Å². The van der Waals surface area contributed by atoms with Gasteiger partial charge in [-0.15, -0.1) is 0 Å². The van der Waals surface area contributed by atoms with E-state index in [4.69, 9.17) is 0 Å². The summed E-state index contributed by atoms with van der Waals surface area (Å²) in [7, 11) is 1.83. The van der Waals surface area contributed by atoms with Crippen LogP contribution in [0.15, 0.2) is 18.2 Å². The van der Waals surface area contributed by atoms with Gasteiger partial charge in [0.15, 0.2) is 6.29 Å². The Morgan fingerprint density at radius 2 is 2.24 bits per heavy atom. The van der Waals surface area contributed by atoms with Gasteiger partial charge in [-0.25, -0.2) is 4.39 Å². The van der Waals surface area contributed by atoms with Crippen LogP contribution in [-0.2, 0) is 0 Å². The fourth-order valence-corrected chi connectivity index (χ4v) is 2.28. The topological polar surface area (TPSA) is 20.3 Å². The molecule has 17 heavy (non-hydrogen) atoms. The van der Waals surface area contributed by atoms with Gasteiger partial charge in [-0.3, -0.25) is 4.79 Å². The molecule has 0 saturated heterocycles. The third-order valence-corrected chi connectivity index (χ3v) is 3.54. The number of rotatable bonds is 6. The van der Waals surface area contributed by atoms with Crippen molar-refractivity contribution in [1.29, 1.82) is 0 Å². The van der Waals surface area contributed by atoms with Crippen LogP contribution in [0.1, 0.15) is 23.7 Å². The second kappa shape index (κ2) is 6.64. The number of hydrogen-bond donors (Lipinski definition) is 0. The molecule has 1 atom stereocenters. The number of para-hydroxylation sites is 1. The van der Waals surface area contributed by atoms with Crippen LogP contribution in [0, 0.1) is 5.82 Å². The first-order valence-electron chi connectivity index (χ1n) is 5.57. The van der Waals surface area contributed by atoms with Gasteiger partial charge in [-0.05, 0) is 37.5 Å². The average Bonchev–Trinajstić information content (AvgIpc) is 2.34. The van der Waals surface area contributed by atoms with Crippen LogP contribution in [0.4, 0.5) is 10.1 Å². The summed E-state index contributed by atoms with van der Waals surface area (Å²) in [5.41, 5.74) is 0.805. The maximum atomic E-state index is 13.8. The van der Waals surface area contributed by atoms with E-state index < -0.39 is 0 Å². The molecule has 1 rings (SSSR count). The zero-order chi connectivity index (χ0) is 12.8. The molecular weight excluding hydrogens is 237 g/mol. The number of benzene rings is 1. The molecule has 0 spiro atoms. The number of anilines is 1. The fraction of sp³-hybridized carbons (Fsp3) is 0.462. The van der Waals surface area contributed by atoms with Gasteiger partial charge in [0.2, 0.25) is 0 Å². The number of carbonyl (C=O) groups is 1. The first kappa shape index (κ1) is 14.0. The molecule has 1 unspecified atom stereocenters. The Labute approximate surface area is 106 Å². The van der Waals surface area contributed by atoms with Crippen LogP contribution in [0.25, 0.3) is 0 Å². The van der Waals surface area contributed by atoms with Crippen molar-refractivity contribution in [3.63, 3.8) is 0 Å². The quantitative estimate of drug-likeness (QED) is 0.728. The van der Waals surface area contributed by atoms with E-state index in [-0.39, 0.29) is 11.9 Å². The number of hydrogen-bond acceptors (Lipinski definition) is 3. The molecule has 0 bridgehead atoms. The first-order valence-corrected chi connectivity index (χ1v) is 6.96. The zero-order valence-electron chi connectivity index (χ0n) is 10.4. The highest BCUT2D eigenvalue weighted by Gasteiger charge is 2.17. The van der Waals surface area contributed by atoms with E-state index in [2.05, 4.69) is 0 Å². The van der Waals surface area contributed by atoms with Gasteiger partial charge < -0.3 is 4.90 Å². The third-order valence-electron chi connectivity index (χ3n) is 2.90. The second-order valence-corrected chi connectivity index (χ2v) is 5.02. The SMILES string of the molecule is CSCCC(C)N(C)c1c(F)cccc1C=O. The number of nitrogens with zero attached hydrogens (tertiary/aromatic N) is 1. The van der Waals surface area contributed by atoms with E-state index in [0.717, 1.165) is 12.2 Å². The molecule has 0 aliphatic heterocycles. The summed E-state index contributed by atoms with van der Waals surface area (Å²) in [4.78, 5) is 12.8. The smallest absolute Gasteiger partial charge is 0.152 e. The predicted molar refractivity (Wildman–Crippen MR) is 72.7 cm³/mol.